The molecule has 0 bridgehead atoms. The summed E-state index contributed by atoms with van der Waals surface area (Å²) in [6, 6.07) is 11.7. The number of thioether (sulfide) groups is 1. The molecule has 7 nitrogen and oxygen atoms in total. The molecule has 0 aromatic heterocycles. The van der Waals surface area contributed by atoms with E-state index in [0.29, 0.717) is 23.4 Å². The number of nitrogens with zero attached hydrogens (tertiary/aromatic N) is 2. The number of nitrogens with one attached hydrogen (secondary N) is 1. The van der Waals surface area contributed by atoms with Crippen molar-refractivity contribution in [3.05, 3.63) is 53.6 Å². The summed E-state index contributed by atoms with van der Waals surface area (Å²) >= 11 is 1.16. The summed E-state index contributed by atoms with van der Waals surface area (Å²) in [6.07, 6.45) is 0.659. The first-order valence-corrected chi connectivity index (χ1v) is 10.7. The third kappa shape index (κ3) is 5.76. The van der Waals surface area contributed by atoms with Gasteiger partial charge in [0, 0.05) is 18.2 Å². The third-order valence-electron chi connectivity index (χ3n) is 4.64. The van der Waals surface area contributed by atoms with Gasteiger partial charge in [-0.3, -0.25) is 9.59 Å². The van der Waals surface area contributed by atoms with Crippen molar-refractivity contribution >= 4 is 34.3 Å². The van der Waals surface area contributed by atoms with Crippen LogP contribution in [0.3, 0.4) is 0 Å². The van der Waals surface area contributed by atoms with Gasteiger partial charge in [-0.05, 0) is 42.3 Å². The van der Waals surface area contributed by atoms with Gasteiger partial charge in [-0.25, -0.2) is 5.01 Å². The fourth-order valence-corrected chi connectivity index (χ4v) is 4.12. The van der Waals surface area contributed by atoms with Crippen LogP contribution in [0, 0.1) is 0 Å². The molecule has 0 spiro atoms. The quantitative estimate of drug-likeness (QED) is 0.589. The number of hydrazone groups is 1. The predicted octanol–water partition coefficient (Wildman–Crippen LogP) is 5.11. The summed E-state index contributed by atoms with van der Waals surface area (Å²) in [5.41, 5.74) is 2.80. The summed E-state index contributed by atoms with van der Waals surface area (Å²) < 4.78 is 34.9. The zero-order valence-electron chi connectivity index (χ0n) is 17.8. The molecule has 0 saturated heterocycles. The Kier molecular flexibility index (Phi) is 7.68. The zero-order chi connectivity index (χ0) is 23.3. The molecule has 32 heavy (non-hydrogen) atoms. The highest BCUT2D eigenvalue weighted by molar-refractivity contribution is 8.14. The topological polar surface area (TPSA) is 80.2 Å². The summed E-state index contributed by atoms with van der Waals surface area (Å²) in [4.78, 5) is 23.8. The Morgan fingerprint density at radius 3 is 2.53 bits per heavy atom. The molecule has 1 unspecified atom stereocenters. The van der Waals surface area contributed by atoms with Gasteiger partial charge >= 0.3 is 11.9 Å². The Morgan fingerprint density at radius 2 is 1.94 bits per heavy atom. The van der Waals surface area contributed by atoms with E-state index in [4.69, 9.17) is 4.74 Å². The Labute approximate surface area is 188 Å². The van der Waals surface area contributed by atoms with Gasteiger partial charge in [0.1, 0.15) is 0 Å². The number of hydrogen-bond donors (Lipinski definition) is 1. The SMILES string of the molecule is CCC1SC(=O)N(Cc2ccc(NC(C)=O)cc2)N=C1c1ccc(OC(F)F)c(OC)c1. The summed E-state index contributed by atoms with van der Waals surface area (Å²) in [7, 11) is 1.37. The molecule has 1 heterocycles. The van der Waals surface area contributed by atoms with Gasteiger partial charge in [0.05, 0.1) is 24.6 Å². The van der Waals surface area contributed by atoms with Crippen molar-refractivity contribution < 1.29 is 27.8 Å². The first kappa shape index (κ1) is 23.5. The molecule has 1 atom stereocenters. The second-order valence-electron chi connectivity index (χ2n) is 6.95. The fraction of sp³-hybridized carbons (Fsp3) is 0.318. The van der Waals surface area contributed by atoms with Crippen LogP contribution < -0.4 is 14.8 Å². The molecule has 2 aromatic rings. The van der Waals surface area contributed by atoms with Crippen molar-refractivity contribution in [2.24, 2.45) is 5.10 Å². The Bertz CT molecular complexity index is 1010. The zero-order valence-corrected chi connectivity index (χ0v) is 18.6. The molecule has 0 radical (unpaired) electrons. The second-order valence-corrected chi connectivity index (χ2v) is 8.10. The number of alkyl halides is 2. The number of anilines is 1. The van der Waals surface area contributed by atoms with Gasteiger partial charge in [0.15, 0.2) is 11.5 Å². The number of ether oxygens (including phenoxy) is 2. The highest BCUT2D eigenvalue weighted by Crippen LogP contribution is 2.34. The van der Waals surface area contributed by atoms with Crippen LogP contribution >= 0.6 is 11.8 Å². The van der Waals surface area contributed by atoms with Gasteiger partial charge in [0.25, 0.3) is 0 Å². The van der Waals surface area contributed by atoms with Crippen molar-refractivity contribution in [1.82, 2.24) is 5.01 Å². The van der Waals surface area contributed by atoms with Crippen LogP contribution in [0.1, 0.15) is 31.4 Å². The van der Waals surface area contributed by atoms with Crippen molar-refractivity contribution in [3.63, 3.8) is 0 Å². The maximum Gasteiger partial charge on any atom is 0.387 e. The van der Waals surface area contributed by atoms with Gasteiger partial charge < -0.3 is 14.8 Å². The lowest BCUT2D eigenvalue weighted by Crippen LogP contribution is -2.34. The average Bonchev–Trinajstić information content (AvgIpc) is 2.75. The number of amides is 2. The molecular formula is C22H23F2N3O4S. The van der Waals surface area contributed by atoms with E-state index in [1.807, 2.05) is 19.1 Å². The van der Waals surface area contributed by atoms with Crippen LogP contribution in [-0.2, 0) is 11.3 Å². The molecular weight excluding hydrogens is 440 g/mol. The smallest absolute Gasteiger partial charge is 0.387 e. The highest BCUT2D eigenvalue weighted by atomic mass is 32.2. The van der Waals surface area contributed by atoms with E-state index in [1.54, 1.807) is 24.3 Å². The van der Waals surface area contributed by atoms with E-state index in [2.05, 4.69) is 15.2 Å². The van der Waals surface area contributed by atoms with Crippen LogP contribution in [0.25, 0.3) is 0 Å². The molecule has 10 heteroatoms. The molecule has 1 N–H and O–H groups in total. The Balaban J connectivity index is 1.88. The minimum Gasteiger partial charge on any atom is -0.493 e. The van der Waals surface area contributed by atoms with Gasteiger partial charge in [-0.2, -0.15) is 13.9 Å². The van der Waals surface area contributed by atoms with E-state index < -0.39 is 6.61 Å². The Hall–Kier alpha value is -3.14. The molecule has 0 saturated carbocycles. The van der Waals surface area contributed by atoms with Gasteiger partial charge in [0.2, 0.25) is 5.91 Å². The number of benzene rings is 2. The lowest BCUT2D eigenvalue weighted by Gasteiger charge is -2.28. The van der Waals surface area contributed by atoms with E-state index in [-0.39, 0.29) is 34.4 Å². The Morgan fingerprint density at radius 1 is 1.22 bits per heavy atom. The standard InChI is InChI=1S/C22H23F2N3O4S/c1-4-19-20(15-7-10-17(31-21(23)24)18(11-15)30-3)26-27(22(29)32-19)12-14-5-8-16(9-6-14)25-13(2)28/h5-11,19,21H,4,12H2,1-3H3,(H,25,28). The lowest BCUT2D eigenvalue weighted by atomic mass is 10.0. The summed E-state index contributed by atoms with van der Waals surface area (Å²) in [5, 5.41) is 8.28. The number of carbonyl (C=O) groups excluding carboxylic acids is 2. The number of hydrogen-bond acceptors (Lipinski definition) is 6. The van der Waals surface area contributed by atoms with Crippen LogP contribution in [-0.4, -0.2) is 40.8 Å². The highest BCUT2D eigenvalue weighted by Gasteiger charge is 2.30. The molecule has 0 fully saturated rings. The molecule has 170 valence electrons. The minimum absolute atomic E-state index is 0.0736. The summed E-state index contributed by atoms with van der Waals surface area (Å²) in [5.74, 6) is -0.0847. The summed E-state index contributed by atoms with van der Waals surface area (Å²) in [6.45, 7) is 0.656. The number of halogens is 2. The van der Waals surface area contributed by atoms with Crippen LogP contribution in [0.5, 0.6) is 11.5 Å². The number of rotatable bonds is 8. The maximum absolute atomic E-state index is 12.7. The molecule has 2 amide bonds. The monoisotopic (exact) mass is 463 g/mol. The van der Waals surface area contributed by atoms with Crippen molar-refractivity contribution in [2.75, 3.05) is 12.4 Å². The predicted molar refractivity (Wildman–Crippen MR) is 120 cm³/mol. The van der Waals surface area contributed by atoms with Crippen molar-refractivity contribution in [3.8, 4) is 11.5 Å². The third-order valence-corrected chi connectivity index (χ3v) is 5.89. The van der Waals surface area contributed by atoms with Crippen LogP contribution in [0.4, 0.5) is 19.3 Å². The fourth-order valence-electron chi connectivity index (χ4n) is 3.18. The molecule has 1 aliphatic heterocycles. The first-order valence-electron chi connectivity index (χ1n) is 9.87. The average molecular weight is 464 g/mol. The molecule has 0 aliphatic carbocycles. The van der Waals surface area contributed by atoms with E-state index in [9.17, 15) is 18.4 Å². The molecule has 1 aliphatic rings. The lowest BCUT2D eigenvalue weighted by molar-refractivity contribution is -0.114. The van der Waals surface area contributed by atoms with E-state index >= 15 is 0 Å². The van der Waals surface area contributed by atoms with Gasteiger partial charge in [-0.15, -0.1) is 0 Å². The largest absolute Gasteiger partial charge is 0.493 e. The number of methoxy groups -OCH3 is 1. The molecule has 2 aromatic carbocycles. The van der Waals surface area contributed by atoms with E-state index in [1.165, 1.54) is 25.1 Å². The van der Waals surface area contributed by atoms with Crippen molar-refractivity contribution in [1.29, 1.82) is 0 Å². The normalized spacial score (nSPS) is 16.1. The first-order chi connectivity index (χ1) is 15.3. The van der Waals surface area contributed by atoms with E-state index in [0.717, 1.165) is 17.3 Å². The van der Waals surface area contributed by atoms with Crippen LogP contribution in [0.15, 0.2) is 47.6 Å². The van der Waals surface area contributed by atoms with Crippen LogP contribution in [0.2, 0.25) is 0 Å². The number of carbonyl (C=O) groups is 2. The van der Waals surface area contributed by atoms with Gasteiger partial charge in [-0.1, -0.05) is 30.8 Å². The minimum atomic E-state index is -2.97. The second kappa shape index (κ2) is 10.4. The van der Waals surface area contributed by atoms with Crippen molar-refractivity contribution in [2.45, 2.75) is 38.7 Å². The maximum atomic E-state index is 12.7. The molecule has 3 rings (SSSR count).